The molecular formula is C24H28F3N5O. The van der Waals surface area contributed by atoms with E-state index in [0.29, 0.717) is 24.4 Å². The molecule has 0 spiro atoms. The van der Waals surface area contributed by atoms with Gasteiger partial charge in [-0.05, 0) is 47.5 Å². The highest BCUT2D eigenvalue weighted by molar-refractivity contribution is 6.01. The maximum absolute atomic E-state index is 12.9. The van der Waals surface area contributed by atoms with E-state index in [-0.39, 0.29) is 24.4 Å². The largest absolute Gasteiger partial charge is 0.416 e. The molecule has 0 unspecified atom stereocenters. The molecule has 33 heavy (non-hydrogen) atoms. The summed E-state index contributed by atoms with van der Waals surface area (Å²) in [6.07, 6.45) is 0.192. The van der Waals surface area contributed by atoms with Crippen molar-refractivity contribution in [1.29, 1.82) is 0 Å². The lowest BCUT2D eigenvalue weighted by Gasteiger charge is -2.27. The van der Waals surface area contributed by atoms with Crippen LogP contribution in [-0.4, -0.2) is 35.1 Å². The summed E-state index contributed by atoms with van der Waals surface area (Å²) < 4.78 is 38.6. The predicted octanol–water partition coefficient (Wildman–Crippen LogP) is 4.09. The molecule has 1 aliphatic heterocycles. The van der Waals surface area contributed by atoms with E-state index in [1.165, 1.54) is 18.3 Å². The van der Waals surface area contributed by atoms with Gasteiger partial charge in [-0.3, -0.25) is 19.7 Å². The van der Waals surface area contributed by atoms with Crippen LogP contribution in [0.15, 0.2) is 53.8 Å². The minimum absolute atomic E-state index is 0.00734. The van der Waals surface area contributed by atoms with Gasteiger partial charge in [0, 0.05) is 26.3 Å². The summed E-state index contributed by atoms with van der Waals surface area (Å²) in [5.41, 5.74) is 8.44. The van der Waals surface area contributed by atoms with Gasteiger partial charge in [-0.15, -0.1) is 0 Å². The van der Waals surface area contributed by atoms with Gasteiger partial charge in [-0.1, -0.05) is 26.0 Å². The van der Waals surface area contributed by atoms with E-state index < -0.39 is 11.7 Å². The number of halogens is 3. The Bertz CT molecular complexity index is 1050. The quantitative estimate of drug-likeness (QED) is 0.611. The van der Waals surface area contributed by atoms with Gasteiger partial charge in [-0.2, -0.15) is 13.2 Å². The van der Waals surface area contributed by atoms with Crippen LogP contribution in [0.3, 0.4) is 0 Å². The number of nitrogens with zero attached hydrogens (tertiary/aromatic N) is 3. The number of fused-ring (bicyclic) bond motifs is 1. The molecule has 2 heterocycles. The number of hydrogen-bond acceptors (Lipinski definition) is 5. The van der Waals surface area contributed by atoms with Crippen LogP contribution < -0.4 is 11.1 Å². The van der Waals surface area contributed by atoms with Crippen LogP contribution in [-0.2, 0) is 19.3 Å². The molecule has 176 valence electrons. The van der Waals surface area contributed by atoms with Crippen molar-refractivity contribution in [2.24, 2.45) is 16.6 Å². The number of benzene rings is 1. The minimum Gasteiger partial charge on any atom is -0.405 e. The lowest BCUT2D eigenvalue weighted by atomic mass is 9.99. The summed E-state index contributed by atoms with van der Waals surface area (Å²) in [4.78, 5) is 23.4. The monoisotopic (exact) mass is 459 g/mol. The summed E-state index contributed by atoms with van der Waals surface area (Å²) in [5, 5.41) is 2.81. The summed E-state index contributed by atoms with van der Waals surface area (Å²) in [7, 11) is 1.62. The Morgan fingerprint density at radius 2 is 2.03 bits per heavy atom. The maximum Gasteiger partial charge on any atom is 0.416 e. The number of hydrogen-bond donors (Lipinski definition) is 2. The van der Waals surface area contributed by atoms with Crippen molar-refractivity contribution in [1.82, 2.24) is 15.2 Å². The average molecular weight is 460 g/mol. The third kappa shape index (κ3) is 5.78. The van der Waals surface area contributed by atoms with Gasteiger partial charge in [0.15, 0.2) is 0 Å². The molecule has 0 fully saturated rings. The van der Waals surface area contributed by atoms with Gasteiger partial charge in [0.25, 0.3) is 5.91 Å². The topological polar surface area (TPSA) is 83.6 Å². The van der Waals surface area contributed by atoms with Crippen molar-refractivity contribution in [3.05, 3.63) is 76.8 Å². The number of amides is 1. The van der Waals surface area contributed by atoms with Crippen molar-refractivity contribution in [3.8, 4) is 0 Å². The van der Waals surface area contributed by atoms with E-state index in [2.05, 4.69) is 34.0 Å². The number of aliphatic imine (C=N–C) groups is 1. The van der Waals surface area contributed by atoms with Gasteiger partial charge in [-0.25, -0.2) is 0 Å². The van der Waals surface area contributed by atoms with Gasteiger partial charge in [0.1, 0.15) is 0 Å². The van der Waals surface area contributed by atoms with Crippen molar-refractivity contribution < 1.29 is 18.0 Å². The third-order valence-corrected chi connectivity index (χ3v) is 5.61. The molecule has 1 aromatic heterocycles. The Morgan fingerprint density at radius 3 is 2.61 bits per heavy atom. The Labute approximate surface area is 191 Å². The number of alkyl halides is 3. The van der Waals surface area contributed by atoms with Gasteiger partial charge >= 0.3 is 6.18 Å². The molecule has 9 heteroatoms. The first-order chi connectivity index (χ1) is 15.6. The average Bonchev–Trinajstić information content (AvgIpc) is 3.13. The van der Waals surface area contributed by atoms with Crippen LogP contribution in [0.1, 0.15) is 52.6 Å². The molecule has 1 atom stereocenters. The lowest BCUT2D eigenvalue weighted by Crippen LogP contribution is -2.29. The third-order valence-electron chi connectivity index (χ3n) is 5.61. The van der Waals surface area contributed by atoms with Crippen LogP contribution in [0.25, 0.3) is 0 Å². The fourth-order valence-electron chi connectivity index (χ4n) is 4.05. The van der Waals surface area contributed by atoms with Crippen LogP contribution in [0.2, 0.25) is 0 Å². The fraction of sp³-hybridized carbons (Fsp3) is 0.375. The zero-order valence-corrected chi connectivity index (χ0v) is 18.9. The SMILES string of the molecule is CN=C(/C=C\N)CNC(=O)c1cnc2c(c1)CN(Cc1ccc(C(F)(F)F)cc1)[C@H]2C(C)C. The van der Waals surface area contributed by atoms with Crippen LogP contribution >= 0.6 is 0 Å². The minimum atomic E-state index is -4.35. The molecule has 3 N–H and O–H groups in total. The van der Waals surface area contributed by atoms with Crippen LogP contribution in [0, 0.1) is 5.92 Å². The molecule has 0 saturated heterocycles. The van der Waals surface area contributed by atoms with E-state index in [1.54, 1.807) is 19.3 Å². The normalized spacial score (nSPS) is 17.1. The number of aromatic nitrogens is 1. The van der Waals surface area contributed by atoms with E-state index >= 15 is 0 Å². The second kappa shape index (κ2) is 10.2. The van der Waals surface area contributed by atoms with Crippen LogP contribution in [0.5, 0.6) is 0 Å². The summed E-state index contributed by atoms with van der Waals surface area (Å²) in [6.45, 7) is 5.46. The van der Waals surface area contributed by atoms with E-state index in [4.69, 9.17) is 5.73 Å². The molecule has 0 aliphatic carbocycles. The molecule has 1 amide bonds. The van der Waals surface area contributed by atoms with E-state index in [9.17, 15) is 18.0 Å². The molecule has 0 bridgehead atoms. The van der Waals surface area contributed by atoms with Crippen molar-refractivity contribution in [2.45, 2.75) is 39.2 Å². The Balaban J connectivity index is 1.75. The predicted molar refractivity (Wildman–Crippen MR) is 122 cm³/mol. The number of nitrogens with one attached hydrogen (secondary N) is 1. The number of pyridine rings is 1. The molecule has 1 aliphatic rings. The number of rotatable bonds is 7. The molecule has 0 saturated carbocycles. The second-order valence-electron chi connectivity index (χ2n) is 8.31. The van der Waals surface area contributed by atoms with Gasteiger partial charge < -0.3 is 11.1 Å². The fourth-order valence-corrected chi connectivity index (χ4v) is 4.05. The lowest BCUT2D eigenvalue weighted by molar-refractivity contribution is -0.137. The standard InChI is InChI=1S/C24H28F3N5O/c1-15(2)22-21-18(10-17(11-30-21)23(33)31-12-20(29-3)8-9-28)14-32(22)13-16-4-6-19(7-5-16)24(25,26)27/h4-11,15,22H,12-14,28H2,1-3H3,(H,31,33)/b9-8-,29-20?/t22-/m0/s1. The van der Waals surface area contributed by atoms with Gasteiger partial charge in [0.2, 0.25) is 0 Å². The van der Waals surface area contributed by atoms with Crippen LogP contribution in [0.4, 0.5) is 13.2 Å². The van der Waals surface area contributed by atoms with E-state index in [0.717, 1.165) is 29.0 Å². The summed E-state index contributed by atoms with van der Waals surface area (Å²) >= 11 is 0. The molecule has 3 rings (SSSR count). The highest BCUT2D eigenvalue weighted by Crippen LogP contribution is 2.39. The number of carbonyl (C=O) groups excluding carboxylic acids is 1. The van der Waals surface area contributed by atoms with E-state index in [1.807, 2.05) is 6.07 Å². The van der Waals surface area contributed by atoms with Crippen molar-refractivity contribution in [3.63, 3.8) is 0 Å². The van der Waals surface area contributed by atoms with Crippen molar-refractivity contribution >= 4 is 11.6 Å². The summed E-state index contributed by atoms with van der Waals surface area (Å²) in [5.74, 6) is -0.0293. The smallest absolute Gasteiger partial charge is 0.405 e. The molecule has 6 nitrogen and oxygen atoms in total. The first-order valence-corrected chi connectivity index (χ1v) is 10.6. The first-order valence-electron chi connectivity index (χ1n) is 10.6. The number of carbonyl (C=O) groups is 1. The zero-order chi connectivity index (χ0) is 24.2. The van der Waals surface area contributed by atoms with Gasteiger partial charge in [0.05, 0.1) is 35.1 Å². The number of nitrogens with two attached hydrogens (primary N) is 1. The Kier molecular flexibility index (Phi) is 7.53. The Morgan fingerprint density at radius 1 is 1.33 bits per heavy atom. The summed E-state index contributed by atoms with van der Waals surface area (Å²) in [6, 6.07) is 7.08. The highest BCUT2D eigenvalue weighted by atomic mass is 19.4. The maximum atomic E-state index is 12.9. The zero-order valence-electron chi connectivity index (χ0n) is 18.9. The molecular weight excluding hydrogens is 431 g/mol. The second-order valence-corrected chi connectivity index (χ2v) is 8.31. The Hall–Kier alpha value is -3.20. The first kappa shape index (κ1) is 24.4. The molecule has 0 radical (unpaired) electrons. The molecule has 1 aromatic carbocycles. The highest BCUT2D eigenvalue weighted by Gasteiger charge is 2.35. The molecule has 2 aromatic rings. The van der Waals surface area contributed by atoms with Crippen molar-refractivity contribution in [2.75, 3.05) is 13.6 Å².